The van der Waals surface area contributed by atoms with Crippen LogP contribution < -0.4 is 0 Å². The minimum atomic E-state index is 0.275. The molecule has 1 heterocycles. The standard InChI is InChI=1S/C22H32OS/c1-14-11-15(23)12-16-19(14)22(5)10-7-17-20(2,3)8-6-9-21(17,4)18(22)13-24-16/h11-12,17-18,23H,6-10,13H2,1-5H3/t17-,18+,21-,22+/m0/s1. The molecule has 4 rings (SSSR count). The van der Waals surface area contributed by atoms with Crippen LogP contribution in [0.5, 0.6) is 5.75 Å². The molecule has 0 unspecified atom stereocenters. The van der Waals surface area contributed by atoms with E-state index in [4.69, 9.17) is 0 Å². The van der Waals surface area contributed by atoms with Crippen molar-refractivity contribution in [3.63, 3.8) is 0 Å². The second-order valence-corrected chi connectivity index (χ2v) is 10.9. The summed E-state index contributed by atoms with van der Waals surface area (Å²) in [7, 11) is 0. The van der Waals surface area contributed by atoms with E-state index in [-0.39, 0.29) is 5.41 Å². The van der Waals surface area contributed by atoms with Gasteiger partial charge in [-0.1, -0.05) is 34.1 Å². The second-order valence-electron chi connectivity index (χ2n) is 9.86. The van der Waals surface area contributed by atoms with Crippen LogP contribution in [0.2, 0.25) is 0 Å². The minimum absolute atomic E-state index is 0.275. The minimum Gasteiger partial charge on any atom is -0.508 e. The molecular formula is C22H32OS. The van der Waals surface area contributed by atoms with Gasteiger partial charge in [0.2, 0.25) is 0 Å². The van der Waals surface area contributed by atoms with Crippen molar-refractivity contribution in [2.75, 3.05) is 5.75 Å². The lowest BCUT2D eigenvalue weighted by Crippen LogP contribution is -2.58. The fourth-order valence-corrected chi connectivity index (χ4v) is 8.92. The Morgan fingerprint density at radius 3 is 2.54 bits per heavy atom. The monoisotopic (exact) mass is 344 g/mol. The number of phenolic OH excluding ortho intramolecular Hbond substituents is 1. The molecular weight excluding hydrogens is 312 g/mol. The first-order valence-corrected chi connectivity index (χ1v) is 10.6. The first kappa shape index (κ1) is 16.8. The molecule has 0 radical (unpaired) electrons. The predicted octanol–water partition coefficient (Wildman–Crippen LogP) is 6.31. The Labute approximate surface area is 151 Å². The number of aryl methyl sites for hydroxylation is 1. The number of hydrogen-bond donors (Lipinski definition) is 1. The Kier molecular flexibility index (Phi) is 3.64. The Morgan fingerprint density at radius 1 is 1.04 bits per heavy atom. The van der Waals surface area contributed by atoms with Gasteiger partial charge in [0.25, 0.3) is 0 Å². The summed E-state index contributed by atoms with van der Waals surface area (Å²) in [4.78, 5) is 1.34. The van der Waals surface area contributed by atoms with Crippen molar-refractivity contribution < 1.29 is 5.11 Å². The van der Waals surface area contributed by atoms with Crippen LogP contribution in [0.25, 0.3) is 0 Å². The number of aromatic hydroxyl groups is 1. The molecule has 0 spiro atoms. The van der Waals surface area contributed by atoms with Gasteiger partial charge in [0, 0.05) is 10.6 Å². The number of fused-ring (bicyclic) bond motifs is 5. The van der Waals surface area contributed by atoms with E-state index >= 15 is 0 Å². The summed E-state index contributed by atoms with van der Waals surface area (Å²) in [5.41, 5.74) is 4.07. The molecule has 2 fully saturated rings. The molecule has 0 bridgehead atoms. The number of rotatable bonds is 0. The van der Waals surface area contributed by atoms with E-state index in [1.165, 1.54) is 48.3 Å². The molecule has 3 aliphatic rings. The predicted molar refractivity (Wildman–Crippen MR) is 103 cm³/mol. The van der Waals surface area contributed by atoms with Crippen molar-refractivity contribution in [3.05, 3.63) is 23.3 Å². The molecule has 2 saturated carbocycles. The van der Waals surface area contributed by atoms with Crippen molar-refractivity contribution >= 4 is 11.8 Å². The lowest BCUT2D eigenvalue weighted by molar-refractivity contribution is -0.0974. The van der Waals surface area contributed by atoms with E-state index in [0.717, 1.165) is 11.8 Å². The normalized spacial score (nSPS) is 40.4. The van der Waals surface area contributed by atoms with Crippen LogP contribution >= 0.6 is 11.8 Å². The van der Waals surface area contributed by atoms with Gasteiger partial charge in [0.1, 0.15) is 5.75 Å². The first-order valence-electron chi connectivity index (χ1n) is 9.65. The summed E-state index contributed by atoms with van der Waals surface area (Å²) in [6.45, 7) is 12.4. The van der Waals surface area contributed by atoms with Gasteiger partial charge in [0.15, 0.2) is 0 Å². The van der Waals surface area contributed by atoms with E-state index in [1.54, 1.807) is 5.56 Å². The van der Waals surface area contributed by atoms with Gasteiger partial charge >= 0.3 is 0 Å². The summed E-state index contributed by atoms with van der Waals surface area (Å²) in [5.74, 6) is 3.26. The molecule has 0 aromatic heterocycles. The molecule has 2 aliphatic carbocycles. The number of thioether (sulfide) groups is 1. The van der Waals surface area contributed by atoms with Gasteiger partial charge in [-0.05, 0) is 83.9 Å². The summed E-state index contributed by atoms with van der Waals surface area (Å²) >= 11 is 2.00. The van der Waals surface area contributed by atoms with Crippen molar-refractivity contribution in [1.29, 1.82) is 0 Å². The zero-order valence-corrected chi connectivity index (χ0v) is 16.7. The topological polar surface area (TPSA) is 20.2 Å². The highest BCUT2D eigenvalue weighted by Crippen LogP contribution is 2.67. The quantitative estimate of drug-likeness (QED) is 0.595. The highest BCUT2D eigenvalue weighted by Gasteiger charge is 2.60. The summed E-state index contributed by atoms with van der Waals surface area (Å²) in [6, 6.07) is 3.99. The third-order valence-corrected chi connectivity index (χ3v) is 9.19. The molecule has 1 aromatic carbocycles. The lowest BCUT2D eigenvalue weighted by atomic mass is 9.42. The molecule has 24 heavy (non-hydrogen) atoms. The third-order valence-electron chi connectivity index (χ3n) is 8.05. The van der Waals surface area contributed by atoms with Crippen LogP contribution in [0.15, 0.2) is 17.0 Å². The maximum Gasteiger partial charge on any atom is 0.116 e. The van der Waals surface area contributed by atoms with E-state index in [0.29, 0.717) is 16.6 Å². The van der Waals surface area contributed by atoms with Crippen LogP contribution in [0.4, 0.5) is 0 Å². The van der Waals surface area contributed by atoms with Crippen LogP contribution in [0, 0.1) is 29.6 Å². The van der Waals surface area contributed by atoms with Crippen LogP contribution in [0.1, 0.15) is 70.9 Å². The average Bonchev–Trinajstić information content (AvgIpc) is 2.44. The molecule has 1 nitrogen and oxygen atoms in total. The molecule has 4 atom stereocenters. The average molecular weight is 345 g/mol. The maximum atomic E-state index is 10.0. The SMILES string of the molecule is Cc1cc(O)cc2c1[C@]1(C)CC[C@H]3C(C)(C)CCC[C@]3(C)[C@H]1CS2. The molecule has 1 aromatic rings. The number of hydrogen-bond acceptors (Lipinski definition) is 2. The number of benzene rings is 1. The Balaban J connectivity index is 1.84. The smallest absolute Gasteiger partial charge is 0.116 e. The largest absolute Gasteiger partial charge is 0.508 e. The molecule has 0 amide bonds. The van der Waals surface area contributed by atoms with Crippen molar-refractivity contribution in [2.45, 2.75) is 77.0 Å². The highest BCUT2D eigenvalue weighted by molar-refractivity contribution is 7.99. The second kappa shape index (κ2) is 5.19. The maximum absolute atomic E-state index is 10.0. The fourth-order valence-electron chi connectivity index (χ4n) is 7.08. The van der Waals surface area contributed by atoms with Crippen LogP contribution in [0.3, 0.4) is 0 Å². The molecule has 132 valence electrons. The summed E-state index contributed by atoms with van der Waals surface area (Å²) in [6.07, 6.45) is 6.85. The first-order chi connectivity index (χ1) is 11.2. The molecule has 0 saturated heterocycles. The van der Waals surface area contributed by atoms with Gasteiger partial charge in [-0.3, -0.25) is 0 Å². The van der Waals surface area contributed by atoms with Crippen molar-refractivity contribution in [1.82, 2.24) is 0 Å². The van der Waals surface area contributed by atoms with E-state index in [9.17, 15) is 5.11 Å². The van der Waals surface area contributed by atoms with E-state index in [1.807, 2.05) is 23.9 Å². The lowest BCUT2D eigenvalue weighted by Gasteiger charge is -2.64. The van der Waals surface area contributed by atoms with Crippen molar-refractivity contribution in [2.24, 2.45) is 22.7 Å². The molecule has 2 heteroatoms. The number of phenols is 1. The van der Waals surface area contributed by atoms with Gasteiger partial charge < -0.3 is 5.11 Å². The van der Waals surface area contributed by atoms with Crippen molar-refractivity contribution in [3.8, 4) is 5.75 Å². The third kappa shape index (κ3) is 2.14. The Hall–Kier alpha value is -0.630. The molecule has 1 aliphatic heterocycles. The van der Waals surface area contributed by atoms with Gasteiger partial charge in [-0.15, -0.1) is 11.8 Å². The van der Waals surface area contributed by atoms with E-state index in [2.05, 4.69) is 34.6 Å². The molecule has 1 N–H and O–H groups in total. The van der Waals surface area contributed by atoms with Crippen LogP contribution in [-0.2, 0) is 5.41 Å². The summed E-state index contributed by atoms with van der Waals surface area (Å²) < 4.78 is 0. The Bertz CT molecular complexity index is 679. The van der Waals surface area contributed by atoms with Gasteiger partial charge in [0.05, 0.1) is 0 Å². The van der Waals surface area contributed by atoms with Crippen LogP contribution in [-0.4, -0.2) is 10.9 Å². The fraction of sp³-hybridized carbons (Fsp3) is 0.727. The highest BCUT2D eigenvalue weighted by atomic mass is 32.2. The van der Waals surface area contributed by atoms with E-state index < -0.39 is 0 Å². The Morgan fingerprint density at radius 2 is 1.79 bits per heavy atom. The summed E-state index contributed by atoms with van der Waals surface area (Å²) in [5, 5.41) is 10.0. The zero-order valence-electron chi connectivity index (χ0n) is 15.9. The van der Waals surface area contributed by atoms with Gasteiger partial charge in [-0.2, -0.15) is 0 Å². The van der Waals surface area contributed by atoms with Gasteiger partial charge in [-0.25, -0.2) is 0 Å². The zero-order chi connectivity index (χ0) is 17.3.